The van der Waals surface area contributed by atoms with Gasteiger partial charge in [-0.2, -0.15) is 0 Å². The third-order valence-electron chi connectivity index (χ3n) is 1.57. The second-order valence-corrected chi connectivity index (χ2v) is 2.70. The molecule has 1 rings (SSSR count). The highest BCUT2D eigenvalue weighted by Crippen LogP contribution is 2.09. The minimum absolute atomic E-state index is 0.00241. The van der Waals surface area contributed by atoms with Crippen LogP contribution in [0.3, 0.4) is 0 Å². The van der Waals surface area contributed by atoms with Crippen LogP contribution in [0.15, 0.2) is 18.2 Å². The molecule has 0 aliphatic rings. The molecule has 2 N–H and O–H groups in total. The van der Waals surface area contributed by atoms with Crippen LogP contribution >= 0.6 is 0 Å². The fourth-order valence-corrected chi connectivity index (χ4v) is 1.03. The molecule has 0 radical (unpaired) electrons. The number of aryl methyl sites for hydroxylation is 1. The van der Waals surface area contributed by atoms with Crippen molar-refractivity contribution < 1.29 is 19.8 Å². The van der Waals surface area contributed by atoms with Gasteiger partial charge in [0.25, 0.3) is 0 Å². The molecule has 0 amide bonds. The summed E-state index contributed by atoms with van der Waals surface area (Å²) in [5, 5.41) is 17.2. The van der Waals surface area contributed by atoms with Gasteiger partial charge in [-0.3, -0.25) is 0 Å². The van der Waals surface area contributed by atoms with E-state index >= 15 is 0 Å². The van der Waals surface area contributed by atoms with Crippen LogP contribution in [0, 0.1) is 6.92 Å². The molecule has 13 heavy (non-hydrogen) atoms. The van der Waals surface area contributed by atoms with Crippen LogP contribution in [0.2, 0.25) is 0 Å². The van der Waals surface area contributed by atoms with Gasteiger partial charge in [0.2, 0.25) is 0 Å². The Morgan fingerprint density at radius 2 is 1.38 bits per heavy atom. The number of rotatable bonds is 2. The maximum atomic E-state index is 10.5. The van der Waals surface area contributed by atoms with Crippen molar-refractivity contribution in [3.8, 4) is 0 Å². The Balaban J connectivity index is 3.26. The van der Waals surface area contributed by atoms with E-state index in [2.05, 4.69) is 0 Å². The van der Waals surface area contributed by atoms with Crippen molar-refractivity contribution in [2.45, 2.75) is 6.92 Å². The van der Waals surface area contributed by atoms with Crippen LogP contribution in [-0.4, -0.2) is 22.2 Å². The van der Waals surface area contributed by atoms with Crippen molar-refractivity contribution in [3.63, 3.8) is 0 Å². The number of hydrogen-bond donors (Lipinski definition) is 2. The van der Waals surface area contributed by atoms with E-state index in [0.29, 0.717) is 5.56 Å². The first-order chi connectivity index (χ1) is 6.00. The molecule has 0 aliphatic heterocycles. The first kappa shape index (κ1) is 9.25. The first-order valence-corrected chi connectivity index (χ1v) is 3.59. The lowest BCUT2D eigenvalue weighted by Crippen LogP contribution is -2.02. The SMILES string of the molecule is Cc1cc(C(=O)O)cc(C(=O)O)c1. The molecule has 1 aromatic carbocycles. The van der Waals surface area contributed by atoms with E-state index in [1.54, 1.807) is 6.92 Å². The number of benzene rings is 1. The van der Waals surface area contributed by atoms with E-state index in [4.69, 9.17) is 10.2 Å². The van der Waals surface area contributed by atoms with Crippen LogP contribution in [0.25, 0.3) is 0 Å². The van der Waals surface area contributed by atoms with Gasteiger partial charge in [-0.1, -0.05) is 0 Å². The highest BCUT2D eigenvalue weighted by atomic mass is 16.4. The molecule has 0 aromatic heterocycles. The predicted molar refractivity (Wildman–Crippen MR) is 45.1 cm³/mol. The van der Waals surface area contributed by atoms with Gasteiger partial charge in [0, 0.05) is 0 Å². The quantitative estimate of drug-likeness (QED) is 0.721. The molecule has 0 fully saturated rings. The van der Waals surface area contributed by atoms with Crippen molar-refractivity contribution in [2.75, 3.05) is 0 Å². The number of carbonyl (C=O) groups is 2. The van der Waals surface area contributed by atoms with E-state index < -0.39 is 11.9 Å². The lowest BCUT2D eigenvalue weighted by molar-refractivity contribution is 0.0696. The van der Waals surface area contributed by atoms with Gasteiger partial charge >= 0.3 is 11.9 Å². The van der Waals surface area contributed by atoms with Gasteiger partial charge in [0.05, 0.1) is 11.1 Å². The average molecular weight is 180 g/mol. The summed E-state index contributed by atoms with van der Waals surface area (Å²) in [6.07, 6.45) is 0. The number of hydrogen-bond acceptors (Lipinski definition) is 2. The minimum Gasteiger partial charge on any atom is -0.478 e. The third kappa shape index (κ3) is 2.05. The molecule has 0 saturated heterocycles. The van der Waals surface area contributed by atoms with Gasteiger partial charge < -0.3 is 10.2 Å². The molecule has 4 heteroatoms. The van der Waals surface area contributed by atoms with Crippen LogP contribution in [0.4, 0.5) is 0 Å². The molecule has 0 heterocycles. The molecule has 0 aliphatic carbocycles. The molecule has 0 spiro atoms. The summed E-state index contributed by atoms with van der Waals surface area (Å²) in [6, 6.07) is 3.99. The Labute approximate surface area is 74.4 Å². The van der Waals surface area contributed by atoms with E-state index in [0.717, 1.165) is 6.07 Å². The van der Waals surface area contributed by atoms with Crippen LogP contribution in [0.5, 0.6) is 0 Å². The smallest absolute Gasteiger partial charge is 0.335 e. The van der Waals surface area contributed by atoms with Crippen LogP contribution in [0.1, 0.15) is 26.3 Å². The number of aromatic carboxylic acids is 2. The molecule has 0 saturated carbocycles. The number of carboxylic acid groups (broad SMARTS) is 2. The summed E-state index contributed by atoms with van der Waals surface area (Å²) in [5.74, 6) is -2.24. The maximum Gasteiger partial charge on any atom is 0.335 e. The van der Waals surface area contributed by atoms with Crippen LogP contribution < -0.4 is 0 Å². The van der Waals surface area contributed by atoms with Crippen molar-refractivity contribution in [3.05, 3.63) is 34.9 Å². The zero-order valence-electron chi connectivity index (χ0n) is 6.94. The first-order valence-electron chi connectivity index (χ1n) is 3.59. The predicted octanol–water partition coefficient (Wildman–Crippen LogP) is 1.39. The molecule has 0 unspecified atom stereocenters. The number of carboxylic acids is 2. The Kier molecular flexibility index (Phi) is 2.32. The maximum absolute atomic E-state index is 10.5. The van der Waals surface area contributed by atoms with Crippen molar-refractivity contribution in [1.29, 1.82) is 0 Å². The zero-order chi connectivity index (χ0) is 10.0. The van der Waals surface area contributed by atoms with Crippen molar-refractivity contribution in [1.82, 2.24) is 0 Å². The zero-order valence-corrected chi connectivity index (χ0v) is 6.94. The summed E-state index contributed by atoms with van der Waals surface area (Å²) in [5.41, 5.74) is 0.618. The Morgan fingerprint density at radius 3 is 1.69 bits per heavy atom. The van der Waals surface area contributed by atoms with E-state index in [1.807, 2.05) is 0 Å². The topological polar surface area (TPSA) is 74.6 Å². The monoisotopic (exact) mass is 180 g/mol. The highest BCUT2D eigenvalue weighted by Gasteiger charge is 2.09. The fourth-order valence-electron chi connectivity index (χ4n) is 1.03. The van der Waals surface area contributed by atoms with Crippen molar-refractivity contribution >= 4 is 11.9 Å². The molecule has 4 nitrogen and oxygen atoms in total. The summed E-state index contributed by atoms with van der Waals surface area (Å²) >= 11 is 0. The Bertz CT molecular complexity index is 336. The lowest BCUT2D eigenvalue weighted by atomic mass is 10.1. The molecule has 68 valence electrons. The normalized spacial score (nSPS) is 9.62. The van der Waals surface area contributed by atoms with Crippen LogP contribution in [-0.2, 0) is 0 Å². The second-order valence-electron chi connectivity index (χ2n) is 2.70. The standard InChI is InChI=1S/C9H8O4/c1-5-2-6(8(10)11)4-7(3-5)9(12)13/h2-4H,1H3,(H,10,11)(H,12,13). The molecular formula is C9H8O4. The third-order valence-corrected chi connectivity index (χ3v) is 1.57. The minimum atomic E-state index is -1.12. The largest absolute Gasteiger partial charge is 0.478 e. The summed E-state index contributed by atoms with van der Waals surface area (Å²) in [4.78, 5) is 21.1. The Hall–Kier alpha value is -1.84. The van der Waals surface area contributed by atoms with E-state index in [1.165, 1.54) is 12.1 Å². The highest BCUT2D eigenvalue weighted by molar-refractivity contribution is 5.94. The summed E-state index contributed by atoms with van der Waals surface area (Å²) in [6.45, 7) is 1.65. The van der Waals surface area contributed by atoms with Gasteiger partial charge in [0.1, 0.15) is 0 Å². The van der Waals surface area contributed by atoms with Gasteiger partial charge in [-0.15, -0.1) is 0 Å². The van der Waals surface area contributed by atoms with Gasteiger partial charge in [-0.05, 0) is 30.7 Å². The molecular weight excluding hydrogens is 172 g/mol. The summed E-state index contributed by atoms with van der Waals surface area (Å²) in [7, 11) is 0. The molecule has 0 bridgehead atoms. The fraction of sp³-hybridized carbons (Fsp3) is 0.111. The Morgan fingerprint density at radius 1 is 1.00 bits per heavy atom. The second kappa shape index (κ2) is 3.26. The molecule has 0 atom stereocenters. The van der Waals surface area contributed by atoms with Gasteiger partial charge in [0.15, 0.2) is 0 Å². The lowest BCUT2D eigenvalue weighted by Gasteiger charge is -1.99. The average Bonchev–Trinajstić information content (AvgIpc) is 2.03. The van der Waals surface area contributed by atoms with Crippen molar-refractivity contribution in [2.24, 2.45) is 0 Å². The van der Waals surface area contributed by atoms with E-state index in [-0.39, 0.29) is 11.1 Å². The van der Waals surface area contributed by atoms with Gasteiger partial charge in [-0.25, -0.2) is 9.59 Å². The molecule has 1 aromatic rings. The van der Waals surface area contributed by atoms with E-state index in [9.17, 15) is 9.59 Å². The summed E-state index contributed by atoms with van der Waals surface area (Å²) < 4.78 is 0.